The molecule has 0 spiro atoms. The lowest BCUT2D eigenvalue weighted by Gasteiger charge is -2.35. The van der Waals surface area contributed by atoms with Crippen molar-refractivity contribution >= 4 is 33.7 Å². The van der Waals surface area contributed by atoms with Crippen molar-refractivity contribution in [3.63, 3.8) is 0 Å². The second-order valence-corrected chi connectivity index (χ2v) is 7.38. The van der Waals surface area contributed by atoms with E-state index in [1.165, 1.54) is 0 Å². The zero-order valence-electron chi connectivity index (χ0n) is 13.0. The number of piperazine rings is 1. The van der Waals surface area contributed by atoms with Crippen molar-refractivity contribution in [2.24, 2.45) is 4.99 Å². The first-order chi connectivity index (χ1) is 11.2. The Labute approximate surface area is 138 Å². The summed E-state index contributed by atoms with van der Waals surface area (Å²) in [7, 11) is 0. The molecule has 2 aliphatic heterocycles. The van der Waals surface area contributed by atoms with Gasteiger partial charge in [0.1, 0.15) is 0 Å². The standard InChI is InChI=1S/C16H19N5OS/c1-11-9-17-16(23-11)21-7-5-20(6-8-21)15(22)13-4-2-3-12-10-18-19-14(12)13/h2-4,10-11H,5-9H2,1H3,(H,18,19)/t11-/m1/s1. The van der Waals surface area contributed by atoms with Crippen molar-refractivity contribution in [3.8, 4) is 0 Å². The van der Waals surface area contributed by atoms with Crippen molar-refractivity contribution in [3.05, 3.63) is 30.0 Å². The van der Waals surface area contributed by atoms with Crippen LogP contribution < -0.4 is 0 Å². The zero-order chi connectivity index (χ0) is 15.8. The summed E-state index contributed by atoms with van der Waals surface area (Å²) in [4.78, 5) is 21.6. The summed E-state index contributed by atoms with van der Waals surface area (Å²) >= 11 is 1.84. The molecule has 23 heavy (non-hydrogen) atoms. The van der Waals surface area contributed by atoms with Crippen LogP contribution in [0.5, 0.6) is 0 Å². The predicted octanol–water partition coefficient (Wildman–Crippen LogP) is 1.81. The quantitative estimate of drug-likeness (QED) is 0.867. The first-order valence-corrected chi connectivity index (χ1v) is 8.78. The van der Waals surface area contributed by atoms with E-state index in [1.807, 2.05) is 34.9 Å². The largest absolute Gasteiger partial charge is 0.348 e. The Kier molecular flexibility index (Phi) is 3.72. The molecule has 0 aliphatic carbocycles. The SMILES string of the molecule is C[C@@H]1CN=C(N2CCN(C(=O)c3cccc4cn[nH]c34)CC2)S1. The molecule has 1 aromatic heterocycles. The van der Waals surface area contributed by atoms with Gasteiger partial charge in [0, 0.05) is 36.8 Å². The topological polar surface area (TPSA) is 64.6 Å². The van der Waals surface area contributed by atoms with E-state index < -0.39 is 0 Å². The van der Waals surface area contributed by atoms with Crippen molar-refractivity contribution in [2.45, 2.75) is 12.2 Å². The van der Waals surface area contributed by atoms with Gasteiger partial charge in [-0.2, -0.15) is 5.10 Å². The van der Waals surface area contributed by atoms with Crippen molar-refractivity contribution < 1.29 is 4.79 Å². The first kappa shape index (κ1) is 14.6. The number of amidine groups is 1. The highest BCUT2D eigenvalue weighted by atomic mass is 32.2. The Morgan fingerprint density at radius 1 is 1.30 bits per heavy atom. The number of rotatable bonds is 1. The fourth-order valence-corrected chi connectivity index (χ4v) is 4.04. The maximum Gasteiger partial charge on any atom is 0.256 e. The normalized spacial score (nSPS) is 21.8. The first-order valence-electron chi connectivity index (χ1n) is 7.90. The lowest BCUT2D eigenvalue weighted by molar-refractivity contribution is 0.0695. The second kappa shape index (κ2) is 5.88. The Hall–Kier alpha value is -2.02. The van der Waals surface area contributed by atoms with Gasteiger partial charge >= 0.3 is 0 Å². The van der Waals surface area contributed by atoms with Crippen LogP contribution >= 0.6 is 11.8 Å². The van der Waals surface area contributed by atoms with E-state index in [-0.39, 0.29) is 5.91 Å². The number of amides is 1. The van der Waals surface area contributed by atoms with Gasteiger partial charge in [0.05, 0.1) is 23.8 Å². The maximum absolute atomic E-state index is 12.8. The van der Waals surface area contributed by atoms with Crippen LogP contribution in [0.4, 0.5) is 0 Å². The molecule has 6 nitrogen and oxygen atoms in total. The van der Waals surface area contributed by atoms with Crippen LogP contribution in [0.1, 0.15) is 17.3 Å². The number of carbonyl (C=O) groups excluding carboxylic acids is 1. The van der Waals surface area contributed by atoms with E-state index in [9.17, 15) is 4.79 Å². The number of para-hydroxylation sites is 1. The number of aromatic amines is 1. The second-order valence-electron chi connectivity index (χ2n) is 5.97. The molecule has 0 bridgehead atoms. The highest BCUT2D eigenvalue weighted by Gasteiger charge is 2.27. The van der Waals surface area contributed by atoms with Gasteiger partial charge in [-0.3, -0.25) is 14.9 Å². The smallest absolute Gasteiger partial charge is 0.256 e. The average molecular weight is 329 g/mol. The van der Waals surface area contributed by atoms with Gasteiger partial charge in [0.2, 0.25) is 0 Å². The molecule has 1 amide bonds. The van der Waals surface area contributed by atoms with Gasteiger partial charge in [0.15, 0.2) is 5.17 Å². The van der Waals surface area contributed by atoms with Crippen LogP contribution in [0, 0.1) is 0 Å². The zero-order valence-corrected chi connectivity index (χ0v) is 13.8. The Balaban J connectivity index is 1.46. The third kappa shape index (κ3) is 2.69. The maximum atomic E-state index is 12.8. The minimum Gasteiger partial charge on any atom is -0.348 e. The van der Waals surface area contributed by atoms with E-state index in [0.29, 0.717) is 10.8 Å². The summed E-state index contributed by atoms with van der Waals surface area (Å²) in [6.45, 7) is 6.27. The van der Waals surface area contributed by atoms with E-state index in [4.69, 9.17) is 0 Å². The average Bonchev–Trinajstić information content (AvgIpc) is 3.22. The number of nitrogens with one attached hydrogen (secondary N) is 1. The lowest BCUT2D eigenvalue weighted by Crippen LogP contribution is -2.49. The number of nitrogens with zero attached hydrogens (tertiary/aromatic N) is 4. The van der Waals surface area contributed by atoms with Gasteiger partial charge < -0.3 is 9.80 Å². The minimum absolute atomic E-state index is 0.0777. The van der Waals surface area contributed by atoms with Crippen molar-refractivity contribution in [1.29, 1.82) is 0 Å². The number of aliphatic imine (C=N–C) groups is 1. The molecule has 0 radical (unpaired) electrons. The molecule has 0 saturated carbocycles. The molecule has 1 atom stereocenters. The van der Waals surface area contributed by atoms with Crippen molar-refractivity contribution in [2.75, 3.05) is 32.7 Å². The summed E-state index contributed by atoms with van der Waals surface area (Å²) in [5, 5.41) is 9.66. The molecule has 0 unspecified atom stereocenters. The fourth-order valence-electron chi connectivity index (χ4n) is 3.05. The van der Waals surface area contributed by atoms with E-state index >= 15 is 0 Å². The summed E-state index contributed by atoms with van der Waals surface area (Å²) in [6, 6.07) is 5.74. The van der Waals surface area contributed by atoms with Gasteiger partial charge in [-0.25, -0.2) is 0 Å². The van der Waals surface area contributed by atoms with Crippen LogP contribution in [-0.2, 0) is 0 Å². The molecule has 3 heterocycles. The fraction of sp³-hybridized carbons (Fsp3) is 0.438. The molecular weight excluding hydrogens is 310 g/mol. The summed E-state index contributed by atoms with van der Waals surface area (Å²) in [5.74, 6) is 0.0777. The van der Waals surface area contributed by atoms with Gasteiger partial charge in [0.25, 0.3) is 5.91 Å². The molecule has 120 valence electrons. The summed E-state index contributed by atoms with van der Waals surface area (Å²) < 4.78 is 0. The molecule has 1 saturated heterocycles. The Bertz CT molecular complexity index is 763. The van der Waals surface area contributed by atoms with Gasteiger partial charge in [-0.15, -0.1) is 0 Å². The highest BCUT2D eigenvalue weighted by Crippen LogP contribution is 2.24. The number of H-pyrrole nitrogens is 1. The predicted molar refractivity (Wildman–Crippen MR) is 92.9 cm³/mol. The van der Waals surface area contributed by atoms with Crippen LogP contribution in [-0.4, -0.2) is 69.0 Å². The number of carbonyl (C=O) groups is 1. The van der Waals surface area contributed by atoms with Crippen molar-refractivity contribution in [1.82, 2.24) is 20.0 Å². The van der Waals surface area contributed by atoms with Crippen LogP contribution in [0.15, 0.2) is 29.4 Å². The number of thioether (sulfide) groups is 1. The van der Waals surface area contributed by atoms with E-state index in [2.05, 4.69) is 27.0 Å². The van der Waals surface area contributed by atoms with E-state index in [1.54, 1.807) is 6.20 Å². The third-order valence-corrected chi connectivity index (χ3v) is 5.48. The molecule has 1 N–H and O–H groups in total. The Morgan fingerprint density at radius 2 is 2.13 bits per heavy atom. The number of benzene rings is 1. The number of aromatic nitrogens is 2. The Morgan fingerprint density at radius 3 is 2.87 bits per heavy atom. The van der Waals surface area contributed by atoms with Crippen LogP contribution in [0.25, 0.3) is 10.9 Å². The van der Waals surface area contributed by atoms with E-state index in [0.717, 1.165) is 48.8 Å². The van der Waals surface area contributed by atoms with Gasteiger partial charge in [-0.05, 0) is 6.07 Å². The number of fused-ring (bicyclic) bond motifs is 1. The minimum atomic E-state index is 0.0777. The van der Waals surface area contributed by atoms with Crippen LogP contribution in [0.3, 0.4) is 0 Å². The summed E-state index contributed by atoms with van der Waals surface area (Å²) in [5.41, 5.74) is 1.53. The molecular formula is C16H19N5OS. The molecule has 4 rings (SSSR count). The third-order valence-electron chi connectivity index (χ3n) is 4.33. The summed E-state index contributed by atoms with van der Waals surface area (Å²) in [6.07, 6.45) is 1.75. The monoisotopic (exact) mass is 329 g/mol. The molecule has 7 heteroatoms. The number of hydrogen-bond donors (Lipinski definition) is 1. The number of hydrogen-bond acceptors (Lipinski definition) is 5. The lowest BCUT2D eigenvalue weighted by atomic mass is 10.1. The molecule has 1 fully saturated rings. The molecule has 2 aliphatic rings. The van der Waals surface area contributed by atoms with Gasteiger partial charge in [-0.1, -0.05) is 30.8 Å². The van der Waals surface area contributed by atoms with Crippen LogP contribution in [0.2, 0.25) is 0 Å². The highest BCUT2D eigenvalue weighted by molar-refractivity contribution is 8.14. The molecule has 1 aromatic carbocycles. The molecule has 2 aromatic rings.